The Labute approximate surface area is 131 Å². The predicted octanol–water partition coefficient (Wildman–Crippen LogP) is 3.30. The number of amides is 1. The Morgan fingerprint density at radius 1 is 1.29 bits per heavy atom. The molecule has 4 heteroatoms. The molecule has 0 spiro atoms. The van der Waals surface area contributed by atoms with Gasteiger partial charge in [-0.25, -0.2) is 0 Å². The van der Waals surface area contributed by atoms with Gasteiger partial charge in [0.1, 0.15) is 0 Å². The molecule has 1 amide bonds. The van der Waals surface area contributed by atoms with E-state index >= 15 is 0 Å². The van der Waals surface area contributed by atoms with Crippen LogP contribution in [0.25, 0.3) is 0 Å². The van der Waals surface area contributed by atoms with Gasteiger partial charge in [0.2, 0.25) is 5.91 Å². The summed E-state index contributed by atoms with van der Waals surface area (Å²) >= 11 is 6.21. The van der Waals surface area contributed by atoms with E-state index in [1.54, 1.807) is 0 Å². The van der Waals surface area contributed by atoms with Crippen molar-refractivity contribution in [1.29, 1.82) is 0 Å². The molecule has 1 aliphatic carbocycles. The number of morpholine rings is 1. The molecule has 1 saturated carbocycles. The van der Waals surface area contributed by atoms with Crippen LogP contribution in [0.3, 0.4) is 0 Å². The van der Waals surface area contributed by atoms with Crippen LogP contribution in [-0.2, 0) is 16.0 Å². The summed E-state index contributed by atoms with van der Waals surface area (Å²) in [4.78, 5) is 14.5. The maximum Gasteiger partial charge on any atom is 0.225 e. The van der Waals surface area contributed by atoms with Gasteiger partial charge in [-0.3, -0.25) is 4.79 Å². The monoisotopic (exact) mass is 307 g/mol. The molecule has 1 saturated heterocycles. The summed E-state index contributed by atoms with van der Waals surface area (Å²) in [6.45, 7) is 2.06. The molecule has 2 aliphatic rings. The van der Waals surface area contributed by atoms with Gasteiger partial charge in [-0.1, -0.05) is 42.6 Å². The lowest BCUT2D eigenvalue weighted by molar-refractivity contribution is -0.142. The highest BCUT2D eigenvalue weighted by molar-refractivity contribution is 6.31. The second kappa shape index (κ2) is 6.80. The lowest BCUT2D eigenvalue weighted by atomic mass is 10.0. The number of carbonyl (C=O) groups is 1. The molecule has 3 nitrogen and oxygen atoms in total. The zero-order chi connectivity index (χ0) is 14.7. The van der Waals surface area contributed by atoms with Crippen LogP contribution in [0.15, 0.2) is 24.3 Å². The van der Waals surface area contributed by atoms with Gasteiger partial charge in [0.15, 0.2) is 0 Å². The van der Waals surface area contributed by atoms with E-state index in [9.17, 15) is 4.79 Å². The number of halogens is 1. The molecular weight excluding hydrogens is 286 g/mol. The maximum absolute atomic E-state index is 12.5. The lowest BCUT2D eigenvalue weighted by Crippen LogP contribution is -2.48. The highest BCUT2D eigenvalue weighted by Crippen LogP contribution is 2.27. The first-order chi connectivity index (χ1) is 10.2. The quantitative estimate of drug-likeness (QED) is 0.857. The SMILES string of the molecule is O=C(C1CCCC1)N1CCO[C@@H](Cc2ccccc2Cl)C1. The summed E-state index contributed by atoms with van der Waals surface area (Å²) in [5.41, 5.74) is 1.10. The molecule has 1 aromatic carbocycles. The van der Waals surface area contributed by atoms with Crippen LogP contribution in [0, 0.1) is 5.92 Å². The molecule has 0 radical (unpaired) electrons. The third kappa shape index (κ3) is 3.58. The molecule has 114 valence electrons. The standard InChI is InChI=1S/C17H22ClNO2/c18-16-8-4-3-7-14(16)11-15-12-19(9-10-21-15)17(20)13-5-1-2-6-13/h3-4,7-8,13,15H,1-2,5-6,9-12H2/t15-/m0/s1. The zero-order valence-corrected chi connectivity index (χ0v) is 13.0. The van der Waals surface area contributed by atoms with Crippen LogP contribution in [0.1, 0.15) is 31.2 Å². The van der Waals surface area contributed by atoms with Gasteiger partial charge >= 0.3 is 0 Å². The molecule has 1 aromatic rings. The fraction of sp³-hybridized carbons (Fsp3) is 0.588. The van der Waals surface area contributed by atoms with Crippen LogP contribution in [0.4, 0.5) is 0 Å². The molecular formula is C17H22ClNO2. The summed E-state index contributed by atoms with van der Waals surface area (Å²) in [6.07, 6.45) is 5.35. The summed E-state index contributed by atoms with van der Waals surface area (Å²) in [7, 11) is 0. The smallest absolute Gasteiger partial charge is 0.225 e. The number of ether oxygens (including phenoxy) is 1. The Balaban J connectivity index is 1.60. The van der Waals surface area contributed by atoms with Crippen molar-refractivity contribution in [2.75, 3.05) is 19.7 Å². The minimum Gasteiger partial charge on any atom is -0.374 e. The van der Waals surface area contributed by atoms with E-state index in [0.717, 1.165) is 36.4 Å². The van der Waals surface area contributed by atoms with E-state index in [1.165, 1.54) is 12.8 Å². The van der Waals surface area contributed by atoms with E-state index in [4.69, 9.17) is 16.3 Å². The van der Waals surface area contributed by atoms with Crippen LogP contribution >= 0.6 is 11.6 Å². The molecule has 0 aromatic heterocycles. The predicted molar refractivity (Wildman–Crippen MR) is 83.4 cm³/mol. The number of rotatable bonds is 3. The normalized spacial score (nSPS) is 23.5. The highest BCUT2D eigenvalue weighted by atomic mass is 35.5. The number of carbonyl (C=O) groups excluding carboxylic acids is 1. The number of hydrogen-bond acceptors (Lipinski definition) is 2. The Morgan fingerprint density at radius 2 is 2.05 bits per heavy atom. The molecule has 1 aliphatic heterocycles. The minimum atomic E-state index is 0.0593. The third-order valence-corrected chi connectivity index (χ3v) is 4.93. The van der Waals surface area contributed by atoms with Crippen LogP contribution in [-0.4, -0.2) is 36.6 Å². The van der Waals surface area contributed by atoms with Crippen molar-refractivity contribution in [1.82, 2.24) is 4.90 Å². The van der Waals surface area contributed by atoms with Crippen molar-refractivity contribution in [2.45, 2.75) is 38.2 Å². The van der Waals surface area contributed by atoms with Gasteiger partial charge < -0.3 is 9.64 Å². The fourth-order valence-electron chi connectivity index (χ4n) is 3.38. The molecule has 1 atom stereocenters. The van der Waals surface area contributed by atoms with Gasteiger partial charge in [-0.2, -0.15) is 0 Å². The Kier molecular flexibility index (Phi) is 4.81. The summed E-state index contributed by atoms with van der Waals surface area (Å²) in [5.74, 6) is 0.587. The van der Waals surface area contributed by atoms with E-state index in [2.05, 4.69) is 0 Å². The van der Waals surface area contributed by atoms with Gasteiger partial charge in [0.05, 0.1) is 12.7 Å². The lowest BCUT2D eigenvalue weighted by Gasteiger charge is -2.34. The van der Waals surface area contributed by atoms with E-state index < -0.39 is 0 Å². The number of benzene rings is 1. The number of hydrogen-bond donors (Lipinski definition) is 0. The van der Waals surface area contributed by atoms with Gasteiger partial charge in [0.25, 0.3) is 0 Å². The first-order valence-electron chi connectivity index (χ1n) is 7.88. The van der Waals surface area contributed by atoms with Crippen molar-refractivity contribution < 1.29 is 9.53 Å². The van der Waals surface area contributed by atoms with Crippen molar-refractivity contribution in [3.63, 3.8) is 0 Å². The molecule has 2 fully saturated rings. The Hall–Kier alpha value is -1.06. The van der Waals surface area contributed by atoms with Crippen LogP contribution in [0.5, 0.6) is 0 Å². The zero-order valence-electron chi connectivity index (χ0n) is 12.3. The van der Waals surface area contributed by atoms with Gasteiger partial charge in [-0.05, 0) is 24.5 Å². The van der Waals surface area contributed by atoms with E-state index in [-0.39, 0.29) is 12.0 Å². The molecule has 1 heterocycles. The summed E-state index contributed by atoms with van der Waals surface area (Å²) in [6, 6.07) is 7.86. The molecule has 0 bridgehead atoms. The summed E-state index contributed by atoms with van der Waals surface area (Å²) < 4.78 is 5.83. The Morgan fingerprint density at radius 3 is 2.81 bits per heavy atom. The Bertz CT molecular complexity index is 499. The van der Waals surface area contributed by atoms with Crippen LogP contribution < -0.4 is 0 Å². The van der Waals surface area contributed by atoms with Crippen molar-refractivity contribution in [3.05, 3.63) is 34.9 Å². The second-order valence-corrected chi connectivity index (χ2v) is 6.46. The fourth-order valence-corrected chi connectivity index (χ4v) is 3.60. The average Bonchev–Trinajstić information content (AvgIpc) is 3.03. The van der Waals surface area contributed by atoms with E-state index in [1.807, 2.05) is 29.2 Å². The molecule has 0 unspecified atom stereocenters. The molecule has 3 rings (SSSR count). The van der Waals surface area contributed by atoms with Gasteiger partial charge in [0, 0.05) is 30.5 Å². The largest absolute Gasteiger partial charge is 0.374 e. The maximum atomic E-state index is 12.5. The summed E-state index contributed by atoms with van der Waals surface area (Å²) in [5, 5.41) is 0.778. The van der Waals surface area contributed by atoms with Gasteiger partial charge in [-0.15, -0.1) is 0 Å². The molecule has 21 heavy (non-hydrogen) atoms. The highest BCUT2D eigenvalue weighted by Gasteiger charge is 2.31. The minimum absolute atomic E-state index is 0.0593. The average molecular weight is 308 g/mol. The van der Waals surface area contributed by atoms with E-state index in [0.29, 0.717) is 19.1 Å². The first-order valence-corrected chi connectivity index (χ1v) is 8.25. The number of nitrogens with zero attached hydrogens (tertiary/aromatic N) is 1. The van der Waals surface area contributed by atoms with Crippen molar-refractivity contribution in [3.8, 4) is 0 Å². The van der Waals surface area contributed by atoms with Crippen LogP contribution in [0.2, 0.25) is 5.02 Å². The molecule has 0 N–H and O–H groups in total. The second-order valence-electron chi connectivity index (χ2n) is 6.05. The topological polar surface area (TPSA) is 29.5 Å². The first kappa shape index (κ1) is 14.9. The van der Waals surface area contributed by atoms with Crippen molar-refractivity contribution in [2.24, 2.45) is 5.92 Å². The third-order valence-electron chi connectivity index (χ3n) is 4.56. The van der Waals surface area contributed by atoms with Crippen molar-refractivity contribution >= 4 is 17.5 Å².